The summed E-state index contributed by atoms with van der Waals surface area (Å²) in [5.74, 6) is 0.383. The SMILES string of the molecule is CC(C)/C=C\NC(=O)c1ccccc1. The molecule has 0 atom stereocenters. The number of carbonyl (C=O) groups excluding carboxylic acids is 1. The van der Waals surface area contributed by atoms with Gasteiger partial charge in [0, 0.05) is 11.8 Å². The highest BCUT2D eigenvalue weighted by Gasteiger charge is 2.00. The molecule has 0 saturated heterocycles. The van der Waals surface area contributed by atoms with Gasteiger partial charge in [0.2, 0.25) is 0 Å². The van der Waals surface area contributed by atoms with E-state index in [4.69, 9.17) is 0 Å². The molecule has 0 aliphatic rings. The zero-order chi connectivity index (χ0) is 10.4. The van der Waals surface area contributed by atoms with Gasteiger partial charge in [-0.3, -0.25) is 4.79 Å². The lowest BCUT2D eigenvalue weighted by molar-refractivity contribution is 0.0970. The Balaban J connectivity index is 2.52. The standard InChI is InChI=1S/C12H15NO/c1-10(2)8-9-13-12(14)11-6-4-3-5-7-11/h3-10H,1-2H3,(H,13,14)/b9-8-. The smallest absolute Gasteiger partial charge is 0.255 e. The molecule has 0 heterocycles. The number of nitrogens with one attached hydrogen (secondary N) is 1. The molecule has 0 saturated carbocycles. The fraction of sp³-hybridized carbons (Fsp3) is 0.250. The molecule has 14 heavy (non-hydrogen) atoms. The van der Waals surface area contributed by atoms with Gasteiger partial charge in [-0.15, -0.1) is 0 Å². The summed E-state index contributed by atoms with van der Waals surface area (Å²) in [6, 6.07) is 9.17. The van der Waals surface area contributed by atoms with Gasteiger partial charge in [0.15, 0.2) is 0 Å². The largest absolute Gasteiger partial charge is 0.329 e. The van der Waals surface area contributed by atoms with E-state index in [1.54, 1.807) is 18.3 Å². The Morgan fingerprint density at radius 2 is 1.93 bits per heavy atom. The van der Waals surface area contributed by atoms with E-state index in [-0.39, 0.29) is 5.91 Å². The summed E-state index contributed by atoms with van der Waals surface area (Å²) in [5, 5.41) is 2.71. The van der Waals surface area contributed by atoms with E-state index in [0.717, 1.165) is 0 Å². The molecule has 2 nitrogen and oxygen atoms in total. The number of hydrogen-bond donors (Lipinski definition) is 1. The third-order valence-corrected chi connectivity index (χ3v) is 1.73. The highest BCUT2D eigenvalue weighted by atomic mass is 16.1. The van der Waals surface area contributed by atoms with Gasteiger partial charge in [-0.1, -0.05) is 38.1 Å². The minimum absolute atomic E-state index is 0.0671. The maximum absolute atomic E-state index is 11.5. The average Bonchev–Trinajstić information content (AvgIpc) is 2.18. The molecule has 0 radical (unpaired) electrons. The van der Waals surface area contributed by atoms with Crippen LogP contribution in [0.25, 0.3) is 0 Å². The Kier molecular flexibility index (Phi) is 3.92. The van der Waals surface area contributed by atoms with Gasteiger partial charge in [0.1, 0.15) is 0 Å². The Hall–Kier alpha value is -1.57. The van der Waals surface area contributed by atoms with Crippen LogP contribution in [0.4, 0.5) is 0 Å². The quantitative estimate of drug-likeness (QED) is 0.778. The van der Waals surface area contributed by atoms with Gasteiger partial charge in [0.05, 0.1) is 0 Å². The fourth-order valence-electron chi connectivity index (χ4n) is 0.989. The minimum atomic E-state index is -0.0671. The lowest BCUT2D eigenvalue weighted by Crippen LogP contribution is -2.16. The van der Waals surface area contributed by atoms with Crippen molar-refractivity contribution in [1.82, 2.24) is 5.32 Å². The minimum Gasteiger partial charge on any atom is -0.329 e. The van der Waals surface area contributed by atoms with Crippen molar-refractivity contribution in [1.29, 1.82) is 0 Å². The predicted octanol–water partition coefficient (Wildman–Crippen LogP) is 2.59. The summed E-state index contributed by atoms with van der Waals surface area (Å²) in [7, 11) is 0. The molecule has 0 aromatic heterocycles. The summed E-state index contributed by atoms with van der Waals surface area (Å²) in [6.45, 7) is 4.12. The van der Waals surface area contributed by atoms with Crippen molar-refractivity contribution in [2.24, 2.45) is 5.92 Å². The molecule has 1 N–H and O–H groups in total. The van der Waals surface area contributed by atoms with Gasteiger partial charge in [-0.25, -0.2) is 0 Å². The van der Waals surface area contributed by atoms with Crippen molar-refractivity contribution >= 4 is 5.91 Å². The van der Waals surface area contributed by atoms with Crippen molar-refractivity contribution in [3.8, 4) is 0 Å². The molecule has 0 aliphatic carbocycles. The Morgan fingerprint density at radius 1 is 1.29 bits per heavy atom. The molecule has 74 valence electrons. The first-order valence-corrected chi connectivity index (χ1v) is 4.72. The van der Waals surface area contributed by atoms with Crippen LogP contribution in [-0.4, -0.2) is 5.91 Å². The summed E-state index contributed by atoms with van der Waals surface area (Å²) >= 11 is 0. The first-order chi connectivity index (χ1) is 6.70. The molecule has 0 spiro atoms. The molecule has 1 amide bonds. The highest BCUT2D eigenvalue weighted by molar-refractivity contribution is 5.94. The fourth-order valence-corrected chi connectivity index (χ4v) is 0.989. The normalized spacial score (nSPS) is 10.8. The van der Waals surface area contributed by atoms with Gasteiger partial charge in [-0.05, 0) is 18.1 Å². The van der Waals surface area contributed by atoms with Gasteiger partial charge >= 0.3 is 0 Å². The van der Waals surface area contributed by atoms with Gasteiger partial charge in [-0.2, -0.15) is 0 Å². The van der Waals surface area contributed by atoms with Crippen LogP contribution in [0.15, 0.2) is 42.6 Å². The third kappa shape index (κ3) is 3.44. The van der Waals surface area contributed by atoms with E-state index in [1.165, 1.54) is 0 Å². The van der Waals surface area contributed by atoms with Crippen LogP contribution in [0.2, 0.25) is 0 Å². The zero-order valence-electron chi connectivity index (χ0n) is 8.53. The lowest BCUT2D eigenvalue weighted by Gasteiger charge is -1.99. The van der Waals surface area contributed by atoms with Gasteiger partial charge in [0.25, 0.3) is 5.91 Å². The predicted molar refractivity (Wildman–Crippen MR) is 57.9 cm³/mol. The van der Waals surface area contributed by atoms with Gasteiger partial charge < -0.3 is 5.32 Å². The number of benzene rings is 1. The third-order valence-electron chi connectivity index (χ3n) is 1.73. The molecule has 0 fully saturated rings. The van der Waals surface area contributed by atoms with Crippen LogP contribution in [0.3, 0.4) is 0 Å². The molecular formula is C12H15NO. The Labute approximate surface area is 84.6 Å². The molecule has 0 bridgehead atoms. The van der Waals surface area contributed by atoms with Crippen LogP contribution in [-0.2, 0) is 0 Å². The van der Waals surface area contributed by atoms with Crippen LogP contribution in [0.1, 0.15) is 24.2 Å². The van der Waals surface area contributed by atoms with Crippen LogP contribution in [0, 0.1) is 5.92 Å². The molecule has 1 aromatic carbocycles. The van der Waals surface area contributed by atoms with E-state index in [2.05, 4.69) is 19.2 Å². The molecule has 0 unspecified atom stereocenters. The Morgan fingerprint density at radius 3 is 2.50 bits per heavy atom. The summed E-state index contributed by atoms with van der Waals surface area (Å²) < 4.78 is 0. The van der Waals surface area contributed by atoms with Crippen molar-refractivity contribution in [3.05, 3.63) is 48.2 Å². The number of amides is 1. The van der Waals surface area contributed by atoms with Crippen LogP contribution in [0.5, 0.6) is 0 Å². The number of carbonyl (C=O) groups is 1. The van der Waals surface area contributed by atoms with Crippen LogP contribution < -0.4 is 5.32 Å². The highest BCUT2D eigenvalue weighted by Crippen LogP contribution is 1.98. The van der Waals surface area contributed by atoms with E-state index < -0.39 is 0 Å². The van der Waals surface area contributed by atoms with E-state index in [9.17, 15) is 4.79 Å². The lowest BCUT2D eigenvalue weighted by atomic mass is 10.2. The second kappa shape index (κ2) is 5.22. The summed E-state index contributed by atoms with van der Waals surface area (Å²) in [6.07, 6.45) is 3.64. The topological polar surface area (TPSA) is 29.1 Å². The van der Waals surface area contributed by atoms with E-state index in [0.29, 0.717) is 11.5 Å². The van der Waals surface area contributed by atoms with E-state index >= 15 is 0 Å². The second-order valence-electron chi connectivity index (χ2n) is 3.44. The summed E-state index contributed by atoms with van der Waals surface area (Å²) in [4.78, 5) is 11.5. The number of allylic oxidation sites excluding steroid dienone is 1. The molecule has 1 aromatic rings. The summed E-state index contributed by atoms with van der Waals surface area (Å²) in [5.41, 5.74) is 0.681. The second-order valence-corrected chi connectivity index (χ2v) is 3.44. The van der Waals surface area contributed by atoms with E-state index in [1.807, 2.05) is 24.3 Å². The molecule has 1 rings (SSSR count). The van der Waals surface area contributed by atoms with Crippen LogP contribution >= 0.6 is 0 Å². The molecular weight excluding hydrogens is 174 g/mol. The number of rotatable bonds is 3. The van der Waals surface area contributed by atoms with Crippen molar-refractivity contribution < 1.29 is 4.79 Å². The monoisotopic (exact) mass is 189 g/mol. The molecule has 2 heteroatoms. The zero-order valence-corrected chi connectivity index (χ0v) is 8.53. The number of hydrogen-bond acceptors (Lipinski definition) is 1. The van der Waals surface area contributed by atoms with Crippen molar-refractivity contribution in [2.75, 3.05) is 0 Å². The van der Waals surface area contributed by atoms with Crippen molar-refractivity contribution in [3.63, 3.8) is 0 Å². The van der Waals surface area contributed by atoms with Crippen molar-refractivity contribution in [2.45, 2.75) is 13.8 Å². The average molecular weight is 189 g/mol. The Bertz CT molecular complexity index is 314. The maximum Gasteiger partial charge on any atom is 0.255 e. The molecule has 0 aliphatic heterocycles. The first-order valence-electron chi connectivity index (χ1n) is 4.72. The maximum atomic E-state index is 11.5. The first kappa shape index (κ1) is 10.5.